The predicted octanol–water partition coefficient (Wildman–Crippen LogP) is 6.33. The molecule has 11 heteroatoms. The second-order valence-corrected chi connectivity index (χ2v) is 13.1. The van der Waals surface area contributed by atoms with Gasteiger partial charge in [0, 0.05) is 49.8 Å². The summed E-state index contributed by atoms with van der Waals surface area (Å²) in [4.78, 5) is 43.5. The fourth-order valence-electron chi connectivity index (χ4n) is 5.79. The summed E-state index contributed by atoms with van der Waals surface area (Å²) in [7, 11) is 1.73. The lowest BCUT2D eigenvalue weighted by Gasteiger charge is -2.36. The van der Waals surface area contributed by atoms with Crippen LogP contribution in [0.15, 0.2) is 60.7 Å². The van der Waals surface area contributed by atoms with E-state index in [2.05, 4.69) is 16.0 Å². The zero-order valence-corrected chi connectivity index (χ0v) is 29.0. The minimum Gasteiger partial charge on any atom is -0.490 e. The van der Waals surface area contributed by atoms with Crippen molar-refractivity contribution >= 4 is 40.1 Å². The van der Waals surface area contributed by atoms with Crippen LogP contribution in [0, 0.1) is 5.92 Å². The Morgan fingerprint density at radius 1 is 1.02 bits per heavy atom. The second kappa shape index (κ2) is 17.2. The number of ether oxygens (including phenoxy) is 2. The number of urea groups is 2. The first-order valence-corrected chi connectivity index (χ1v) is 16.9. The summed E-state index contributed by atoms with van der Waals surface area (Å²) < 4.78 is 12.7. The topological polar surface area (TPSA) is 132 Å². The highest BCUT2D eigenvalue weighted by molar-refractivity contribution is 6.07. The van der Waals surface area contributed by atoms with E-state index in [1.807, 2.05) is 70.2 Å². The smallest absolute Gasteiger partial charge is 0.323 e. The van der Waals surface area contributed by atoms with Gasteiger partial charge in [-0.2, -0.15) is 0 Å². The molecule has 0 aliphatic carbocycles. The van der Waals surface area contributed by atoms with E-state index in [9.17, 15) is 19.5 Å². The number of carbonyl (C=O) groups is 3. The van der Waals surface area contributed by atoms with Crippen LogP contribution in [0.2, 0.25) is 0 Å². The minimum atomic E-state index is -0.521. The zero-order valence-electron chi connectivity index (χ0n) is 29.0. The molecule has 48 heavy (non-hydrogen) atoms. The summed E-state index contributed by atoms with van der Waals surface area (Å²) in [6.45, 7) is 10.4. The number of likely N-dealkylation sites (N-methyl/N-ethyl adjacent to an activating group) is 1. The van der Waals surface area contributed by atoms with E-state index in [0.29, 0.717) is 30.3 Å². The van der Waals surface area contributed by atoms with Crippen LogP contribution in [-0.2, 0) is 4.74 Å². The van der Waals surface area contributed by atoms with E-state index >= 15 is 0 Å². The van der Waals surface area contributed by atoms with Crippen LogP contribution in [0.4, 0.5) is 21.0 Å². The van der Waals surface area contributed by atoms with Gasteiger partial charge in [-0.3, -0.25) is 4.79 Å². The van der Waals surface area contributed by atoms with Crippen molar-refractivity contribution in [2.75, 3.05) is 44.0 Å². The summed E-state index contributed by atoms with van der Waals surface area (Å²) in [5.41, 5.74) is 1.36. The molecule has 1 aliphatic rings. The van der Waals surface area contributed by atoms with Crippen molar-refractivity contribution in [3.8, 4) is 5.75 Å². The van der Waals surface area contributed by atoms with Gasteiger partial charge in [0.2, 0.25) is 0 Å². The molecule has 3 aromatic rings. The first kappa shape index (κ1) is 36.5. The zero-order chi connectivity index (χ0) is 34.8. The molecule has 0 unspecified atom stereocenters. The monoisotopic (exact) mass is 661 g/mol. The molecule has 0 radical (unpaired) electrons. The second-order valence-electron chi connectivity index (χ2n) is 13.1. The Morgan fingerprint density at radius 2 is 1.77 bits per heavy atom. The summed E-state index contributed by atoms with van der Waals surface area (Å²) in [5.74, 6) is -0.119. The molecule has 0 fully saturated rings. The molecule has 11 nitrogen and oxygen atoms in total. The van der Waals surface area contributed by atoms with Gasteiger partial charge in [-0.05, 0) is 76.6 Å². The van der Waals surface area contributed by atoms with Crippen molar-refractivity contribution in [1.29, 1.82) is 0 Å². The molecule has 5 amide bonds. The van der Waals surface area contributed by atoms with E-state index in [1.165, 1.54) is 0 Å². The number of hydrogen-bond acceptors (Lipinski definition) is 6. The Morgan fingerprint density at radius 3 is 2.52 bits per heavy atom. The maximum Gasteiger partial charge on any atom is 0.323 e. The van der Waals surface area contributed by atoms with Crippen molar-refractivity contribution in [1.82, 2.24) is 15.1 Å². The lowest BCUT2D eigenvalue weighted by Crippen LogP contribution is -2.49. The van der Waals surface area contributed by atoms with E-state index in [1.54, 1.807) is 42.0 Å². The molecule has 4 atom stereocenters. The molecular weight excluding hydrogens is 610 g/mol. The highest BCUT2D eigenvalue weighted by atomic mass is 16.5. The van der Waals surface area contributed by atoms with Gasteiger partial charge >= 0.3 is 12.1 Å². The molecule has 4 rings (SSSR count). The normalized spacial score (nSPS) is 19.9. The number of aliphatic hydroxyl groups is 1. The molecule has 1 heterocycles. The number of aliphatic hydroxyl groups excluding tert-OH is 1. The van der Waals surface area contributed by atoms with Gasteiger partial charge in [0.05, 0.1) is 36.1 Å². The van der Waals surface area contributed by atoms with E-state index in [-0.39, 0.29) is 54.8 Å². The Kier molecular flexibility index (Phi) is 13.0. The molecule has 1 aliphatic heterocycles. The fourth-order valence-corrected chi connectivity index (χ4v) is 5.79. The number of carbonyl (C=O) groups excluding carboxylic acids is 3. The van der Waals surface area contributed by atoms with Gasteiger partial charge in [-0.1, -0.05) is 43.3 Å². The summed E-state index contributed by atoms with van der Waals surface area (Å²) in [6.07, 6.45) is 1.89. The lowest BCUT2D eigenvalue weighted by molar-refractivity contribution is -0.0122. The maximum absolute atomic E-state index is 14.4. The quantitative estimate of drug-likeness (QED) is 0.234. The maximum atomic E-state index is 14.4. The van der Waals surface area contributed by atoms with Crippen LogP contribution >= 0.6 is 0 Å². The van der Waals surface area contributed by atoms with Crippen LogP contribution in [0.25, 0.3) is 10.8 Å². The predicted molar refractivity (Wildman–Crippen MR) is 190 cm³/mol. The van der Waals surface area contributed by atoms with Crippen LogP contribution in [0.5, 0.6) is 5.75 Å². The van der Waals surface area contributed by atoms with Crippen molar-refractivity contribution in [3.63, 3.8) is 0 Å². The third kappa shape index (κ3) is 9.84. The lowest BCUT2D eigenvalue weighted by atomic mass is 10.0. The fraction of sp³-hybridized carbons (Fsp3) is 0.486. The van der Waals surface area contributed by atoms with Crippen molar-refractivity contribution in [2.24, 2.45) is 5.92 Å². The molecule has 0 spiro atoms. The molecule has 0 saturated carbocycles. The highest BCUT2D eigenvalue weighted by Gasteiger charge is 2.31. The molecule has 4 N–H and O–H groups in total. The van der Waals surface area contributed by atoms with Gasteiger partial charge in [-0.25, -0.2) is 9.59 Å². The van der Waals surface area contributed by atoms with Gasteiger partial charge in [0.25, 0.3) is 5.91 Å². The first-order valence-electron chi connectivity index (χ1n) is 16.9. The number of anilines is 2. The standard InChI is InChI=1S/C37H51N5O6/c1-24(2)38-37(46)41(6)22-34-25(3)21-42(26(4)23-43)35(44)31-20-29(17-18-33(31)48-27(5)12-9-10-19-47-34)39-36(45)40-32-16-11-14-28-13-7-8-15-30(28)32/h7-8,11,13-18,20,24-27,34,43H,9-10,12,19,21-23H2,1-6H3,(H,38,46)(H2,39,40,45)/t25-,26+,27+,34+/m1/s1. The van der Waals surface area contributed by atoms with Gasteiger partial charge < -0.3 is 40.3 Å². The average molecular weight is 662 g/mol. The third-order valence-electron chi connectivity index (χ3n) is 8.56. The Labute approximate surface area is 284 Å². The van der Waals surface area contributed by atoms with Crippen molar-refractivity contribution < 1.29 is 29.0 Å². The van der Waals surface area contributed by atoms with Crippen LogP contribution in [0.1, 0.15) is 64.2 Å². The van der Waals surface area contributed by atoms with E-state index in [0.717, 1.165) is 30.0 Å². The molecule has 0 saturated heterocycles. The van der Waals surface area contributed by atoms with E-state index in [4.69, 9.17) is 9.47 Å². The largest absolute Gasteiger partial charge is 0.490 e. The number of benzene rings is 3. The van der Waals surface area contributed by atoms with Crippen molar-refractivity contribution in [2.45, 2.75) is 78.2 Å². The summed E-state index contributed by atoms with van der Waals surface area (Å²) in [5, 5.41) is 20.9. The summed E-state index contributed by atoms with van der Waals surface area (Å²) >= 11 is 0. The van der Waals surface area contributed by atoms with E-state index < -0.39 is 12.1 Å². The first-order chi connectivity index (χ1) is 23.0. The number of hydrogen-bond donors (Lipinski definition) is 4. The number of nitrogens with one attached hydrogen (secondary N) is 3. The minimum absolute atomic E-state index is 0.00578. The van der Waals surface area contributed by atoms with Crippen LogP contribution in [0.3, 0.4) is 0 Å². The highest BCUT2D eigenvalue weighted by Crippen LogP contribution is 2.29. The average Bonchev–Trinajstić information content (AvgIpc) is 3.05. The molecular formula is C37H51N5O6. The van der Waals surface area contributed by atoms with Gasteiger partial charge in [-0.15, -0.1) is 0 Å². The SMILES string of the molecule is CC(C)NC(=O)N(C)C[C@@H]1OCCCC[C@H](C)Oc2ccc(NC(=O)Nc3cccc4ccccc34)cc2C(=O)N([C@@H](C)CO)C[C@H]1C. The molecule has 0 aromatic heterocycles. The molecule has 0 bridgehead atoms. The number of nitrogens with zero attached hydrogens (tertiary/aromatic N) is 2. The number of fused-ring (bicyclic) bond motifs is 2. The summed E-state index contributed by atoms with van der Waals surface area (Å²) in [6, 6.07) is 17.4. The Bertz CT molecular complexity index is 1540. The number of amides is 5. The van der Waals surface area contributed by atoms with Gasteiger partial charge in [0.1, 0.15) is 5.75 Å². The Hall–Kier alpha value is -4.35. The Balaban J connectivity index is 1.61. The molecule has 3 aromatic carbocycles. The van der Waals surface area contributed by atoms with Crippen LogP contribution in [-0.4, -0.2) is 90.5 Å². The third-order valence-corrected chi connectivity index (χ3v) is 8.56. The molecule has 260 valence electrons. The van der Waals surface area contributed by atoms with Gasteiger partial charge in [0.15, 0.2) is 0 Å². The van der Waals surface area contributed by atoms with Crippen molar-refractivity contribution in [3.05, 3.63) is 66.2 Å². The van der Waals surface area contributed by atoms with Crippen LogP contribution < -0.4 is 20.7 Å². The number of rotatable bonds is 7.